The molecule has 0 radical (unpaired) electrons. The highest BCUT2D eigenvalue weighted by atomic mass is 16.7. The Bertz CT molecular complexity index is 1820. The predicted octanol–water partition coefficient (Wildman–Crippen LogP) is 9.73. The molecule has 4 aromatic rings. The molecule has 1 atom stereocenters. The number of ether oxygens (including phenoxy) is 4. The van der Waals surface area contributed by atoms with Gasteiger partial charge in [0.1, 0.15) is 11.5 Å². The number of carbonyl (C=O) groups is 1. The van der Waals surface area contributed by atoms with Gasteiger partial charge in [-0.05, 0) is 128 Å². The van der Waals surface area contributed by atoms with E-state index >= 15 is 0 Å². The standard InChI is InChI=1S/C46H57N3O5/c1-5-7-26-52-34(3)54-43-18-13-37(14-19-43)38-15-20-45-40(30-38)31-39(21-24-49(45)33-36-9-8-10-44(29-36)53-25-6-2)46(50)47-41-16-11-35(12-17-41)32-48(4)42-22-27-51-28-23-42/h8-20,29-31,34,42H,5-7,21-28,32-33H2,1-4H3,(H,47,50). The number of nitrogens with zero attached hydrogens (tertiary/aromatic N) is 2. The quantitative estimate of drug-likeness (QED) is 0.0857. The maximum atomic E-state index is 13.9. The first-order chi connectivity index (χ1) is 26.4. The van der Waals surface area contributed by atoms with Crippen molar-refractivity contribution in [3.05, 3.63) is 113 Å². The van der Waals surface area contributed by atoms with Crippen molar-refractivity contribution in [3.63, 3.8) is 0 Å². The van der Waals surface area contributed by atoms with Crippen LogP contribution < -0.4 is 19.7 Å². The summed E-state index contributed by atoms with van der Waals surface area (Å²) in [5, 5.41) is 3.19. The normalized spacial score (nSPS) is 15.3. The van der Waals surface area contributed by atoms with Gasteiger partial charge in [-0.1, -0.05) is 62.7 Å². The van der Waals surface area contributed by atoms with Gasteiger partial charge in [-0.25, -0.2) is 0 Å². The lowest BCUT2D eigenvalue weighted by atomic mass is 10.00. The van der Waals surface area contributed by atoms with Gasteiger partial charge in [-0.2, -0.15) is 0 Å². The van der Waals surface area contributed by atoms with E-state index in [4.69, 9.17) is 18.9 Å². The minimum atomic E-state index is -0.309. The minimum absolute atomic E-state index is 0.0768. The summed E-state index contributed by atoms with van der Waals surface area (Å²) in [4.78, 5) is 18.7. The van der Waals surface area contributed by atoms with Crippen molar-refractivity contribution in [3.8, 4) is 22.6 Å². The lowest BCUT2D eigenvalue weighted by Gasteiger charge is -2.31. The first-order valence-electron chi connectivity index (χ1n) is 19.8. The van der Waals surface area contributed by atoms with E-state index < -0.39 is 0 Å². The third kappa shape index (κ3) is 11.0. The van der Waals surface area contributed by atoms with Crippen LogP contribution in [0.25, 0.3) is 17.2 Å². The average Bonchev–Trinajstić information content (AvgIpc) is 3.37. The molecule has 0 saturated carbocycles. The van der Waals surface area contributed by atoms with Crippen LogP contribution in [-0.2, 0) is 27.4 Å². The third-order valence-electron chi connectivity index (χ3n) is 10.2. The maximum absolute atomic E-state index is 13.9. The highest BCUT2D eigenvalue weighted by Gasteiger charge is 2.22. The van der Waals surface area contributed by atoms with Gasteiger partial charge in [0.25, 0.3) is 5.91 Å². The van der Waals surface area contributed by atoms with E-state index in [0.29, 0.717) is 38.8 Å². The molecule has 2 heterocycles. The van der Waals surface area contributed by atoms with Crippen LogP contribution in [0.3, 0.4) is 0 Å². The van der Waals surface area contributed by atoms with Crippen molar-refractivity contribution in [2.24, 2.45) is 0 Å². The summed E-state index contributed by atoms with van der Waals surface area (Å²) in [5.41, 5.74) is 8.19. The molecule has 1 N–H and O–H groups in total. The van der Waals surface area contributed by atoms with Crippen LogP contribution in [0.15, 0.2) is 96.6 Å². The van der Waals surface area contributed by atoms with Crippen molar-refractivity contribution < 1.29 is 23.7 Å². The van der Waals surface area contributed by atoms with E-state index in [1.165, 1.54) is 5.56 Å². The monoisotopic (exact) mass is 731 g/mol. The second-order valence-corrected chi connectivity index (χ2v) is 14.5. The Hall–Kier alpha value is -4.63. The van der Waals surface area contributed by atoms with Crippen LogP contribution in [0.5, 0.6) is 11.5 Å². The SMILES string of the molecule is CCCCOC(C)Oc1ccc(-c2ccc3c(c2)C=C(C(=O)Nc2ccc(CN(C)C4CCOCC4)cc2)CCN3Cc2cccc(OCCC)c2)cc1. The number of fused-ring (bicyclic) bond motifs is 1. The number of amides is 1. The fourth-order valence-corrected chi connectivity index (χ4v) is 7.08. The lowest BCUT2D eigenvalue weighted by molar-refractivity contribution is -0.112. The van der Waals surface area contributed by atoms with Crippen molar-refractivity contribution in [1.29, 1.82) is 0 Å². The van der Waals surface area contributed by atoms with Gasteiger partial charge in [0.15, 0.2) is 6.29 Å². The molecule has 6 rings (SSSR count). The topological polar surface area (TPSA) is 72.5 Å². The third-order valence-corrected chi connectivity index (χ3v) is 10.2. The van der Waals surface area contributed by atoms with E-state index in [1.807, 2.05) is 37.3 Å². The Kier molecular flexibility index (Phi) is 14.2. The largest absolute Gasteiger partial charge is 0.494 e. The Morgan fingerprint density at radius 1 is 0.889 bits per heavy atom. The Balaban J connectivity index is 1.20. The maximum Gasteiger partial charge on any atom is 0.251 e. The molecule has 0 aliphatic carbocycles. The molecule has 2 aliphatic rings. The number of anilines is 2. The zero-order chi connectivity index (χ0) is 37.7. The number of hydrogen-bond acceptors (Lipinski definition) is 7. The van der Waals surface area contributed by atoms with E-state index in [1.54, 1.807) is 0 Å². The molecule has 0 aromatic heterocycles. The molecule has 0 bridgehead atoms. The molecule has 8 nitrogen and oxygen atoms in total. The zero-order valence-corrected chi connectivity index (χ0v) is 32.5. The lowest BCUT2D eigenvalue weighted by Crippen LogP contribution is -2.36. The molecule has 1 saturated heterocycles. The summed E-state index contributed by atoms with van der Waals surface area (Å²) in [5.74, 6) is 1.58. The molecule has 2 aliphatic heterocycles. The van der Waals surface area contributed by atoms with Crippen molar-refractivity contribution in [2.75, 3.05) is 50.2 Å². The molecule has 1 unspecified atom stereocenters. The minimum Gasteiger partial charge on any atom is -0.494 e. The summed E-state index contributed by atoms with van der Waals surface area (Å²) in [6, 6.07) is 31.8. The first-order valence-corrected chi connectivity index (χ1v) is 19.8. The van der Waals surface area contributed by atoms with Gasteiger partial charge in [0, 0.05) is 55.8 Å². The molecule has 286 valence electrons. The Morgan fingerprint density at radius 2 is 1.67 bits per heavy atom. The van der Waals surface area contributed by atoms with Gasteiger partial charge >= 0.3 is 0 Å². The summed E-state index contributed by atoms with van der Waals surface area (Å²) in [6.07, 6.45) is 7.57. The second-order valence-electron chi connectivity index (χ2n) is 14.5. The molecule has 8 heteroatoms. The number of nitrogens with one attached hydrogen (secondary N) is 1. The average molecular weight is 732 g/mol. The smallest absolute Gasteiger partial charge is 0.251 e. The number of benzene rings is 4. The highest BCUT2D eigenvalue weighted by molar-refractivity contribution is 6.07. The number of hydrogen-bond donors (Lipinski definition) is 1. The summed E-state index contributed by atoms with van der Waals surface area (Å²) in [7, 11) is 2.18. The van der Waals surface area contributed by atoms with Crippen LogP contribution in [-0.4, -0.2) is 63.2 Å². The van der Waals surface area contributed by atoms with Crippen LogP contribution in [0.1, 0.15) is 76.0 Å². The van der Waals surface area contributed by atoms with E-state index in [2.05, 4.69) is 103 Å². The first kappa shape index (κ1) is 39.1. The number of carbonyl (C=O) groups excluding carboxylic acids is 1. The highest BCUT2D eigenvalue weighted by Crippen LogP contribution is 2.34. The van der Waals surface area contributed by atoms with Gasteiger partial charge < -0.3 is 29.2 Å². The molecule has 0 spiro atoms. The number of unbranched alkanes of at least 4 members (excludes halogenated alkanes) is 1. The number of rotatable bonds is 17. The van der Waals surface area contributed by atoms with E-state index in [9.17, 15) is 4.79 Å². The summed E-state index contributed by atoms with van der Waals surface area (Å²) < 4.78 is 23.3. The van der Waals surface area contributed by atoms with Gasteiger partial charge in [0.05, 0.1) is 13.2 Å². The van der Waals surface area contributed by atoms with Crippen LogP contribution in [0.4, 0.5) is 11.4 Å². The zero-order valence-electron chi connectivity index (χ0n) is 32.5. The second kappa shape index (κ2) is 19.6. The summed E-state index contributed by atoms with van der Waals surface area (Å²) >= 11 is 0. The van der Waals surface area contributed by atoms with Crippen LogP contribution >= 0.6 is 0 Å². The van der Waals surface area contributed by atoms with Crippen molar-refractivity contribution >= 4 is 23.4 Å². The molecule has 1 amide bonds. The van der Waals surface area contributed by atoms with Gasteiger partial charge in [0.2, 0.25) is 0 Å². The molecule has 1 fully saturated rings. The Morgan fingerprint density at radius 3 is 2.43 bits per heavy atom. The van der Waals surface area contributed by atoms with E-state index in [0.717, 1.165) is 103 Å². The van der Waals surface area contributed by atoms with Crippen molar-refractivity contribution in [2.45, 2.75) is 84.7 Å². The molecular formula is C46H57N3O5. The van der Waals surface area contributed by atoms with Gasteiger partial charge in [-0.15, -0.1) is 0 Å². The van der Waals surface area contributed by atoms with Crippen LogP contribution in [0, 0.1) is 0 Å². The predicted molar refractivity (Wildman–Crippen MR) is 219 cm³/mol. The van der Waals surface area contributed by atoms with Crippen LogP contribution in [0.2, 0.25) is 0 Å². The fraction of sp³-hybridized carbons (Fsp3) is 0.413. The Labute approximate surface area is 322 Å². The molecule has 4 aromatic carbocycles. The van der Waals surface area contributed by atoms with E-state index in [-0.39, 0.29) is 12.2 Å². The van der Waals surface area contributed by atoms with Gasteiger partial charge in [-0.3, -0.25) is 9.69 Å². The van der Waals surface area contributed by atoms with Crippen molar-refractivity contribution in [1.82, 2.24) is 4.90 Å². The summed E-state index contributed by atoms with van der Waals surface area (Å²) in [6.45, 7) is 11.5. The fourth-order valence-electron chi connectivity index (χ4n) is 7.08. The molecular weight excluding hydrogens is 675 g/mol. The molecule has 54 heavy (non-hydrogen) atoms.